The maximum atomic E-state index is 12.7. The van der Waals surface area contributed by atoms with Gasteiger partial charge >= 0.3 is 6.18 Å². The molecule has 0 atom stereocenters. The predicted molar refractivity (Wildman–Crippen MR) is 63.4 cm³/mol. The molecule has 0 amide bonds. The fourth-order valence-electron chi connectivity index (χ4n) is 1.91. The van der Waals surface area contributed by atoms with E-state index in [1.165, 1.54) is 10.6 Å². The highest BCUT2D eigenvalue weighted by atomic mass is 19.4. The van der Waals surface area contributed by atoms with E-state index >= 15 is 0 Å². The fraction of sp³-hybridized carbons (Fsp3) is 0.0769. The molecule has 0 unspecified atom stereocenters. The lowest BCUT2D eigenvalue weighted by Gasteiger charge is -2.09. The molecular formula is C13H8F3N3. The maximum Gasteiger partial charge on any atom is 0.416 e. The second kappa shape index (κ2) is 4.08. The molecule has 1 aromatic carbocycles. The molecule has 0 saturated heterocycles. The molecule has 0 spiro atoms. The van der Waals surface area contributed by atoms with Crippen molar-refractivity contribution < 1.29 is 13.2 Å². The lowest BCUT2D eigenvalue weighted by Crippen LogP contribution is -2.05. The van der Waals surface area contributed by atoms with Gasteiger partial charge in [0.05, 0.1) is 17.5 Å². The monoisotopic (exact) mass is 263 g/mol. The first-order valence-electron chi connectivity index (χ1n) is 5.52. The number of fused-ring (bicyclic) bond motifs is 1. The van der Waals surface area contributed by atoms with Crippen molar-refractivity contribution in [2.24, 2.45) is 0 Å². The SMILES string of the molecule is FC(F)(F)c1cccc(-c2ccnc3ccnn23)c1. The van der Waals surface area contributed by atoms with Crippen LogP contribution in [0.3, 0.4) is 0 Å². The topological polar surface area (TPSA) is 30.2 Å². The van der Waals surface area contributed by atoms with E-state index in [0.717, 1.165) is 12.1 Å². The highest BCUT2D eigenvalue weighted by Gasteiger charge is 2.30. The molecule has 0 N–H and O–H groups in total. The van der Waals surface area contributed by atoms with Gasteiger partial charge in [0.2, 0.25) is 0 Å². The van der Waals surface area contributed by atoms with Crippen LogP contribution in [0.15, 0.2) is 48.8 Å². The zero-order chi connectivity index (χ0) is 13.5. The fourth-order valence-corrected chi connectivity index (χ4v) is 1.91. The Kier molecular flexibility index (Phi) is 2.51. The first-order valence-corrected chi connectivity index (χ1v) is 5.52. The number of halogens is 3. The number of alkyl halides is 3. The van der Waals surface area contributed by atoms with E-state index in [0.29, 0.717) is 16.9 Å². The van der Waals surface area contributed by atoms with E-state index in [2.05, 4.69) is 10.1 Å². The van der Waals surface area contributed by atoms with Crippen LogP contribution >= 0.6 is 0 Å². The second-order valence-electron chi connectivity index (χ2n) is 4.01. The minimum atomic E-state index is -4.35. The Hall–Kier alpha value is -2.37. The summed E-state index contributed by atoms with van der Waals surface area (Å²) in [6.07, 6.45) is -1.25. The van der Waals surface area contributed by atoms with Crippen LogP contribution in [0.25, 0.3) is 16.9 Å². The molecule has 3 aromatic rings. The third-order valence-corrected chi connectivity index (χ3v) is 2.78. The highest BCUT2D eigenvalue weighted by Crippen LogP contribution is 2.31. The number of hydrogen-bond donors (Lipinski definition) is 0. The van der Waals surface area contributed by atoms with Crippen LogP contribution in [0.5, 0.6) is 0 Å². The molecule has 3 rings (SSSR count). The van der Waals surface area contributed by atoms with Crippen molar-refractivity contribution in [2.45, 2.75) is 6.18 Å². The molecule has 0 radical (unpaired) electrons. The molecule has 6 heteroatoms. The second-order valence-corrected chi connectivity index (χ2v) is 4.01. The lowest BCUT2D eigenvalue weighted by atomic mass is 10.1. The van der Waals surface area contributed by atoms with Gasteiger partial charge in [-0.3, -0.25) is 0 Å². The Morgan fingerprint density at radius 1 is 1.00 bits per heavy atom. The summed E-state index contributed by atoms with van der Waals surface area (Å²) in [5.74, 6) is 0. The molecule has 19 heavy (non-hydrogen) atoms. The summed E-state index contributed by atoms with van der Waals surface area (Å²) >= 11 is 0. The van der Waals surface area contributed by atoms with Gasteiger partial charge in [-0.25, -0.2) is 9.50 Å². The van der Waals surface area contributed by atoms with Gasteiger partial charge in [-0.15, -0.1) is 0 Å². The van der Waals surface area contributed by atoms with Gasteiger partial charge in [-0.05, 0) is 18.2 Å². The van der Waals surface area contributed by atoms with Gasteiger partial charge in [0.15, 0.2) is 5.65 Å². The zero-order valence-corrected chi connectivity index (χ0v) is 9.59. The van der Waals surface area contributed by atoms with Crippen molar-refractivity contribution >= 4 is 5.65 Å². The first kappa shape index (κ1) is 11.7. The summed E-state index contributed by atoms with van der Waals surface area (Å²) in [6.45, 7) is 0. The van der Waals surface area contributed by atoms with E-state index in [9.17, 15) is 13.2 Å². The number of benzene rings is 1. The number of hydrogen-bond acceptors (Lipinski definition) is 2. The normalized spacial score (nSPS) is 11.9. The average molecular weight is 263 g/mol. The third kappa shape index (κ3) is 2.05. The molecular weight excluding hydrogens is 255 g/mol. The van der Waals surface area contributed by atoms with Crippen LogP contribution in [0.1, 0.15) is 5.56 Å². The van der Waals surface area contributed by atoms with E-state index in [1.807, 2.05) is 0 Å². The Morgan fingerprint density at radius 3 is 2.63 bits per heavy atom. The molecule has 0 aliphatic heterocycles. The number of nitrogens with zero attached hydrogens (tertiary/aromatic N) is 3. The summed E-state index contributed by atoms with van der Waals surface area (Å²) in [7, 11) is 0. The van der Waals surface area contributed by atoms with Gasteiger partial charge in [0.1, 0.15) is 0 Å². The van der Waals surface area contributed by atoms with Crippen LogP contribution in [0.2, 0.25) is 0 Å². The Morgan fingerprint density at radius 2 is 1.84 bits per heavy atom. The molecule has 0 fully saturated rings. The minimum absolute atomic E-state index is 0.450. The summed E-state index contributed by atoms with van der Waals surface area (Å²) in [4.78, 5) is 4.08. The predicted octanol–water partition coefficient (Wildman–Crippen LogP) is 3.42. The van der Waals surface area contributed by atoms with E-state index in [4.69, 9.17) is 0 Å². The van der Waals surface area contributed by atoms with Gasteiger partial charge in [-0.1, -0.05) is 12.1 Å². The van der Waals surface area contributed by atoms with Crippen LogP contribution in [0.4, 0.5) is 13.2 Å². The van der Waals surface area contributed by atoms with E-state index in [1.54, 1.807) is 30.6 Å². The molecule has 0 bridgehead atoms. The summed E-state index contributed by atoms with van der Waals surface area (Å²) in [6, 6.07) is 8.48. The van der Waals surface area contributed by atoms with Crippen molar-refractivity contribution in [2.75, 3.05) is 0 Å². The lowest BCUT2D eigenvalue weighted by molar-refractivity contribution is -0.137. The first-order chi connectivity index (χ1) is 9.05. The summed E-state index contributed by atoms with van der Waals surface area (Å²) in [5.41, 5.74) is 0.934. The van der Waals surface area contributed by atoms with Crippen LogP contribution in [0, 0.1) is 0 Å². The Balaban J connectivity index is 2.19. The Bertz CT molecular complexity index is 731. The van der Waals surface area contributed by atoms with Crippen molar-refractivity contribution in [3.8, 4) is 11.3 Å². The smallest absolute Gasteiger partial charge is 0.237 e. The molecule has 3 nitrogen and oxygen atoms in total. The highest BCUT2D eigenvalue weighted by molar-refractivity contribution is 5.63. The quantitative estimate of drug-likeness (QED) is 0.673. The zero-order valence-electron chi connectivity index (χ0n) is 9.59. The number of rotatable bonds is 1. The Labute approximate surface area is 106 Å². The average Bonchev–Trinajstić information content (AvgIpc) is 2.86. The maximum absolute atomic E-state index is 12.7. The molecule has 0 aliphatic carbocycles. The third-order valence-electron chi connectivity index (χ3n) is 2.78. The minimum Gasteiger partial charge on any atom is -0.237 e. The molecule has 2 heterocycles. The van der Waals surface area contributed by atoms with E-state index in [-0.39, 0.29) is 0 Å². The van der Waals surface area contributed by atoms with Crippen molar-refractivity contribution in [1.82, 2.24) is 14.6 Å². The molecule has 2 aromatic heterocycles. The van der Waals surface area contributed by atoms with Gasteiger partial charge in [0.25, 0.3) is 0 Å². The van der Waals surface area contributed by atoms with Gasteiger partial charge < -0.3 is 0 Å². The largest absolute Gasteiger partial charge is 0.416 e. The van der Waals surface area contributed by atoms with Gasteiger partial charge in [-0.2, -0.15) is 18.3 Å². The van der Waals surface area contributed by atoms with Crippen molar-refractivity contribution in [1.29, 1.82) is 0 Å². The number of aromatic nitrogens is 3. The van der Waals surface area contributed by atoms with Crippen LogP contribution in [-0.2, 0) is 6.18 Å². The summed E-state index contributed by atoms with van der Waals surface area (Å²) < 4.78 is 39.6. The van der Waals surface area contributed by atoms with Crippen molar-refractivity contribution in [3.05, 3.63) is 54.4 Å². The van der Waals surface area contributed by atoms with Crippen molar-refractivity contribution in [3.63, 3.8) is 0 Å². The standard InChI is InChI=1S/C13H8F3N3/c14-13(15,16)10-3-1-2-9(8-10)11-4-6-17-12-5-7-18-19(11)12/h1-8H. The van der Waals surface area contributed by atoms with E-state index < -0.39 is 11.7 Å². The van der Waals surface area contributed by atoms with Crippen LogP contribution in [-0.4, -0.2) is 14.6 Å². The van der Waals surface area contributed by atoms with Crippen LogP contribution < -0.4 is 0 Å². The molecule has 0 aliphatic rings. The summed E-state index contributed by atoms with van der Waals surface area (Å²) in [5, 5.41) is 4.06. The molecule has 96 valence electrons. The van der Waals surface area contributed by atoms with Gasteiger partial charge in [0, 0.05) is 17.8 Å². The molecule has 0 saturated carbocycles.